The van der Waals surface area contributed by atoms with E-state index in [-0.39, 0.29) is 12.6 Å². The summed E-state index contributed by atoms with van der Waals surface area (Å²) in [6, 6.07) is 0. The van der Waals surface area contributed by atoms with Crippen molar-refractivity contribution < 1.29 is 24.5 Å². The van der Waals surface area contributed by atoms with Gasteiger partial charge in [-0.3, -0.25) is 4.79 Å². The molecule has 76 valence electrons. The van der Waals surface area contributed by atoms with Gasteiger partial charge in [-0.2, -0.15) is 0 Å². The van der Waals surface area contributed by atoms with Crippen LogP contribution in [-0.2, 0) is 14.3 Å². The first-order chi connectivity index (χ1) is 6.04. The van der Waals surface area contributed by atoms with Crippen LogP contribution in [0.4, 0.5) is 0 Å². The Morgan fingerprint density at radius 2 is 2.00 bits per heavy atom. The molecule has 0 aliphatic heterocycles. The van der Waals surface area contributed by atoms with E-state index in [1.807, 2.05) is 0 Å². The van der Waals surface area contributed by atoms with Gasteiger partial charge in [-0.15, -0.1) is 0 Å². The Balaban J connectivity index is 0. The zero-order valence-electron chi connectivity index (χ0n) is 7.52. The van der Waals surface area contributed by atoms with E-state index in [9.17, 15) is 9.59 Å². The van der Waals surface area contributed by atoms with Gasteiger partial charge in [0, 0.05) is 26.0 Å². The molecule has 0 aliphatic rings. The maximum absolute atomic E-state index is 10.0. The first-order valence-electron chi connectivity index (χ1n) is 3.64. The van der Waals surface area contributed by atoms with Crippen LogP contribution in [0.3, 0.4) is 0 Å². The number of aliphatic carboxylic acids is 1. The zero-order valence-corrected chi connectivity index (χ0v) is 7.52. The number of hydrogen-bond donors (Lipinski definition) is 2. The Hall–Kier alpha value is -1.36. The minimum Gasteiger partial charge on any atom is -0.478 e. The molecule has 5 nitrogen and oxygen atoms in total. The fraction of sp³-hybridized carbons (Fsp3) is 0.500. The molecular formula is C8H14O5. The van der Waals surface area contributed by atoms with Crippen molar-refractivity contribution in [3.63, 3.8) is 0 Å². The molecule has 13 heavy (non-hydrogen) atoms. The first kappa shape index (κ1) is 14.2. The molecule has 0 fully saturated rings. The quantitative estimate of drug-likeness (QED) is 0.375. The number of aliphatic hydroxyl groups is 1. The summed E-state index contributed by atoms with van der Waals surface area (Å²) in [6.07, 6.45) is 1.36. The van der Waals surface area contributed by atoms with Crippen molar-refractivity contribution in [3.05, 3.63) is 12.7 Å². The van der Waals surface area contributed by atoms with Crippen molar-refractivity contribution in [1.82, 2.24) is 0 Å². The van der Waals surface area contributed by atoms with E-state index in [0.29, 0.717) is 13.0 Å². The summed E-state index contributed by atoms with van der Waals surface area (Å²) < 4.78 is 4.48. The SMILES string of the molecule is C=CC(=O)O.CC(=O)OCCCO. The number of rotatable bonds is 4. The molecule has 0 saturated carbocycles. The molecule has 0 bridgehead atoms. The minimum atomic E-state index is -0.981. The number of carbonyl (C=O) groups is 2. The fourth-order valence-corrected chi connectivity index (χ4v) is 0.280. The second-order valence-electron chi connectivity index (χ2n) is 1.96. The first-order valence-corrected chi connectivity index (χ1v) is 3.64. The third kappa shape index (κ3) is 25.0. The average Bonchev–Trinajstić information content (AvgIpc) is 2.05. The Labute approximate surface area is 76.6 Å². The van der Waals surface area contributed by atoms with Crippen LogP contribution < -0.4 is 0 Å². The van der Waals surface area contributed by atoms with Gasteiger partial charge in [-0.1, -0.05) is 6.58 Å². The van der Waals surface area contributed by atoms with Crippen LogP contribution in [0.15, 0.2) is 12.7 Å². The maximum Gasteiger partial charge on any atom is 0.327 e. The summed E-state index contributed by atoms with van der Waals surface area (Å²) in [7, 11) is 0. The summed E-state index contributed by atoms with van der Waals surface area (Å²) in [5.74, 6) is -1.27. The van der Waals surface area contributed by atoms with Crippen LogP contribution in [0.5, 0.6) is 0 Å². The Morgan fingerprint density at radius 3 is 2.23 bits per heavy atom. The molecule has 0 spiro atoms. The lowest BCUT2D eigenvalue weighted by molar-refractivity contribution is -0.141. The molecule has 0 aliphatic carbocycles. The van der Waals surface area contributed by atoms with E-state index < -0.39 is 5.97 Å². The van der Waals surface area contributed by atoms with Crippen LogP contribution in [0.25, 0.3) is 0 Å². The van der Waals surface area contributed by atoms with Gasteiger partial charge in [0.2, 0.25) is 0 Å². The molecule has 0 heterocycles. The van der Waals surface area contributed by atoms with E-state index in [4.69, 9.17) is 10.2 Å². The Kier molecular flexibility index (Phi) is 11.6. The van der Waals surface area contributed by atoms with Crippen molar-refractivity contribution in [2.75, 3.05) is 13.2 Å². The third-order valence-electron chi connectivity index (χ3n) is 0.782. The van der Waals surface area contributed by atoms with E-state index in [2.05, 4.69) is 11.3 Å². The van der Waals surface area contributed by atoms with E-state index in [1.54, 1.807) is 0 Å². The van der Waals surface area contributed by atoms with Crippen LogP contribution in [0.2, 0.25) is 0 Å². The smallest absolute Gasteiger partial charge is 0.327 e. The molecule has 2 N–H and O–H groups in total. The van der Waals surface area contributed by atoms with Crippen molar-refractivity contribution >= 4 is 11.9 Å². The lowest BCUT2D eigenvalue weighted by atomic mass is 10.5. The molecule has 0 amide bonds. The number of esters is 1. The topological polar surface area (TPSA) is 83.8 Å². The summed E-state index contributed by atoms with van der Waals surface area (Å²) in [6.45, 7) is 4.71. The molecule has 0 saturated heterocycles. The molecule has 0 radical (unpaired) electrons. The Bertz CT molecular complexity index is 164. The number of ether oxygens (including phenoxy) is 1. The van der Waals surface area contributed by atoms with E-state index in [1.165, 1.54) is 6.92 Å². The van der Waals surface area contributed by atoms with Crippen LogP contribution in [0.1, 0.15) is 13.3 Å². The molecule has 0 rings (SSSR count). The highest BCUT2D eigenvalue weighted by atomic mass is 16.5. The van der Waals surface area contributed by atoms with Gasteiger partial charge < -0.3 is 14.9 Å². The second-order valence-corrected chi connectivity index (χ2v) is 1.96. The van der Waals surface area contributed by atoms with Gasteiger partial charge in [0.1, 0.15) is 0 Å². The fourth-order valence-electron chi connectivity index (χ4n) is 0.280. The normalized spacial score (nSPS) is 7.85. The lowest BCUT2D eigenvalue weighted by Crippen LogP contribution is -2.01. The minimum absolute atomic E-state index is 0.0767. The Morgan fingerprint density at radius 1 is 1.54 bits per heavy atom. The molecule has 0 aromatic heterocycles. The zero-order chi connectivity index (χ0) is 10.7. The van der Waals surface area contributed by atoms with E-state index in [0.717, 1.165) is 6.08 Å². The number of carboxylic acid groups (broad SMARTS) is 1. The van der Waals surface area contributed by atoms with Crippen LogP contribution in [0, 0.1) is 0 Å². The number of hydrogen-bond acceptors (Lipinski definition) is 4. The predicted molar refractivity (Wildman–Crippen MR) is 46.2 cm³/mol. The molecule has 0 unspecified atom stereocenters. The number of aliphatic hydroxyl groups excluding tert-OH is 1. The van der Waals surface area contributed by atoms with Crippen molar-refractivity contribution in [2.24, 2.45) is 0 Å². The lowest BCUT2D eigenvalue weighted by Gasteiger charge is -1.96. The molecule has 0 atom stereocenters. The predicted octanol–water partition coefficient (Wildman–Crippen LogP) is 0.189. The van der Waals surface area contributed by atoms with Crippen LogP contribution in [-0.4, -0.2) is 35.4 Å². The average molecular weight is 190 g/mol. The summed E-state index contributed by atoms with van der Waals surface area (Å²) in [5, 5.41) is 15.8. The van der Waals surface area contributed by atoms with Gasteiger partial charge >= 0.3 is 11.9 Å². The second kappa shape index (κ2) is 10.6. The highest BCUT2D eigenvalue weighted by molar-refractivity contribution is 5.78. The van der Waals surface area contributed by atoms with E-state index >= 15 is 0 Å². The number of carboxylic acids is 1. The molecular weight excluding hydrogens is 176 g/mol. The molecule has 5 heteroatoms. The summed E-state index contributed by atoms with van der Waals surface area (Å²) in [5.41, 5.74) is 0. The molecule has 0 aromatic rings. The maximum atomic E-state index is 10.0. The van der Waals surface area contributed by atoms with Gasteiger partial charge in [-0.05, 0) is 0 Å². The van der Waals surface area contributed by atoms with Gasteiger partial charge in [0.25, 0.3) is 0 Å². The number of carbonyl (C=O) groups excluding carboxylic acids is 1. The van der Waals surface area contributed by atoms with Crippen molar-refractivity contribution in [2.45, 2.75) is 13.3 Å². The van der Waals surface area contributed by atoms with Gasteiger partial charge in [0.05, 0.1) is 6.61 Å². The summed E-state index contributed by atoms with van der Waals surface area (Å²) in [4.78, 5) is 19.3. The summed E-state index contributed by atoms with van der Waals surface area (Å²) >= 11 is 0. The van der Waals surface area contributed by atoms with Crippen molar-refractivity contribution in [3.8, 4) is 0 Å². The van der Waals surface area contributed by atoms with Crippen molar-refractivity contribution in [1.29, 1.82) is 0 Å². The largest absolute Gasteiger partial charge is 0.478 e. The van der Waals surface area contributed by atoms with Gasteiger partial charge in [-0.25, -0.2) is 4.79 Å². The van der Waals surface area contributed by atoms with Gasteiger partial charge in [0.15, 0.2) is 0 Å². The highest BCUT2D eigenvalue weighted by Crippen LogP contribution is 1.79. The molecule has 0 aromatic carbocycles. The standard InChI is InChI=1S/C5H10O3.C3H4O2/c1-5(7)8-4-2-3-6;1-2-3(4)5/h6H,2-4H2,1H3;2H,1H2,(H,4,5). The third-order valence-corrected chi connectivity index (χ3v) is 0.782. The highest BCUT2D eigenvalue weighted by Gasteiger charge is 1.88. The van der Waals surface area contributed by atoms with Crippen LogP contribution >= 0.6 is 0 Å². The monoisotopic (exact) mass is 190 g/mol.